The molecule has 0 radical (unpaired) electrons. The van der Waals surface area contributed by atoms with Crippen molar-refractivity contribution in [2.45, 2.75) is 0 Å². The van der Waals surface area contributed by atoms with Gasteiger partial charge in [0, 0.05) is 42.0 Å². The maximum Gasteiger partial charge on any atom is 0.203 e. The Kier molecular flexibility index (Phi) is 8.43. The van der Waals surface area contributed by atoms with Crippen LogP contribution in [0.15, 0.2) is 71.5 Å². The van der Waals surface area contributed by atoms with Gasteiger partial charge in [-0.05, 0) is 57.4 Å². The average Bonchev–Trinajstić information content (AvgIpc) is 3.27. The molecule has 0 saturated carbocycles. The van der Waals surface area contributed by atoms with Gasteiger partial charge in [0.15, 0.2) is 23.0 Å². The first-order chi connectivity index (χ1) is 18.4. The average molecular weight is 577 g/mol. The molecule has 0 aliphatic carbocycles. The predicted molar refractivity (Wildman–Crippen MR) is 156 cm³/mol. The molecule has 0 bridgehead atoms. The highest BCUT2D eigenvalue weighted by atomic mass is 79.9. The van der Waals surface area contributed by atoms with Crippen LogP contribution < -0.4 is 24.3 Å². The number of rotatable bonds is 10. The van der Waals surface area contributed by atoms with Gasteiger partial charge in [-0.15, -0.1) is 0 Å². The van der Waals surface area contributed by atoms with Crippen molar-refractivity contribution in [1.29, 1.82) is 0 Å². The number of hydrogen-bond donors (Lipinski definition) is 1. The van der Waals surface area contributed by atoms with E-state index >= 15 is 0 Å². The van der Waals surface area contributed by atoms with Crippen molar-refractivity contribution < 1.29 is 23.7 Å². The summed E-state index contributed by atoms with van der Waals surface area (Å²) in [7, 11) is 8.27. The van der Waals surface area contributed by atoms with Crippen LogP contribution in [0.1, 0.15) is 21.5 Å². The number of ketones is 1. The number of fused-ring (bicyclic) bond motifs is 1. The maximum absolute atomic E-state index is 12.9. The predicted octanol–water partition coefficient (Wildman–Crippen LogP) is 6.95. The van der Waals surface area contributed by atoms with Crippen molar-refractivity contribution in [1.82, 2.24) is 4.57 Å². The number of anilines is 1. The number of carbonyl (C=O) groups is 1. The molecule has 1 heterocycles. The second-order valence-corrected chi connectivity index (χ2v) is 9.24. The van der Waals surface area contributed by atoms with Crippen molar-refractivity contribution in [2.75, 3.05) is 33.8 Å². The molecule has 4 aromatic rings. The van der Waals surface area contributed by atoms with Gasteiger partial charge in [0.05, 0.1) is 38.6 Å². The molecular formula is C30H29BrN2O5. The van der Waals surface area contributed by atoms with E-state index in [0.29, 0.717) is 34.2 Å². The molecule has 0 aliphatic heterocycles. The molecular weight excluding hydrogens is 548 g/mol. The molecule has 0 spiro atoms. The summed E-state index contributed by atoms with van der Waals surface area (Å²) in [6.45, 7) is 0. The summed E-state index contributed by atoms with van der Waals surface area (Å²) in [5.74, 6) is 2.22. The molecule has 1 aromatic heterocycles. The Morgan fingerprint density at radius 2 is 1.50 bits per heavy atom. The number of hydrogen-bond acceptors (Lipinski definition) is 6. The minimum atomic E-state index is -0.0919. The summed E-state index contributed by atoms with van der Waals surface area (Å²) >= 11 is 3.59. The van der Waals surface area contributed by atoms with Crippen LogP contribution in [0.5, 0.6) is 23.0 Å². The quantitative estimate of drug-likeness (QED) is 0.125. The number of allylic oxidation sites excluding steroid dienone is 1. The normalized spacial score (nSPS) is 11.3. The third-order valence-corrected chi connectivity index (χ3v) is 6.65. The van der Waals surface area contributed by atoms with E-state index in [2.05, 4.69) is 21.2 Å². The Balaban J connectivity index is 1.58. The number of aromatic nitrogens is 1. The van der Waals surface area contributed by atoms with Gasteiger partial charge >= 0.3 is 0 Å². The summed E-state index contributed by atoms with van der Waals surface area (Å²) in [4.78, 5) is 12.9. The number of carbonyl (C=O) groups excluding carboxylic acids is 1. The standard InChI is InChI=1S/C30H29BrN2O5/c1-33-18-22(21-8-6-7-9-25(21)33)26(34)12-13-32-24-15-19(14-23(31)29(24)37-4)10-11-20-16-27(35-2)30(38-5)28(17-20)36-3/h6-18,32H,1-5H3. The summed E-state index contributed by atoms with van der Waals surface area (Å²) in [6, 6.07) is 15.5. The first kappa shape index (κ1) is 26.9. The van der Waals surface area contributed by atoms with E-state index in [0.717, 1.165) is 26.5 Å². The smallest absolute Gasteiger partial charge is 0.203 e. The van der Waals surface area contributed by atoms with Crippen LogP contribution in [0.2, 0.25) is 0 Å². The lowest BCUT2D eigenvalue weighted by Crippen LogP contribution is -1.98. The highest BCUT2D eigenvalue weighted by molar-refractivity contribution is 9.10. The Morgan fingerprint density at radius 1 is 0.868 bits per heavy atom. The van der Waals surface area contributed by atoms with E-state index in [9.17, 15) is 4.79 Å². The van der Waals surface area contributed by atoms with E-state index < -0.39 is 0 Å². The van der Waals surface area contributed by atoms with Crippen molar-refractivity contribution in [2.24, 2.45) is 7.05 Å². The number of nitrogens with one attached hydrogen (secondary N) is 1. The number of aryl methyl sites for hydroxylation is 1. The minimum absolute atomic E-state index is 0.0919. The molecule has 0 aliphatic rings. The SMILES string of the molecule is COc1cc(C=Cc2cc(Br)c(OC)c(NC=CC(=O)c3cn(C)c4ccccc34)c2)cc(OC)c1OC. The highest BCUT2D eigenvalue weighted by Gasteiger charge is 2.14. The monoisotopic (exact) mass is 576 g/mol. The zero-order chi connectivity index (χ0) is 27.2. The van der Waals surface area contributed by atoms with Gasteiger partial charge in [-0.2, -0.15) is 0 Å². The summed E-state index contributed by atoms with van der Waals surface area (Å²) in [5.41, 5.74) is 4.14. The largest absolute Gasteiger partial charge is 0.493 e. The number of ether oxygens (including phenoxy) is 4. The minimum Gasteiger partial charge on any atom is -0.493 e. The van der Waals surface area contributed by atoms with Crippen LogP contribution in [0.4, 0.5) is 5.69 Å². The van der Waals surface area contributed by atoms with Crippen LogP contribution in [0.3, 0.4) is 0 Å². The first-order valence-electron chi connectivity index (χ1n) is 11.8. The van der Waals surface area contributed by atoms with Gasteiger partial charge in [0.1, 0.15) is 0 Å². The van der Waals surface area contributed by atoms with Gasteiger partial charge in [-0.25, -0.2) is 0 Å². The van der Waals surface area contributed by atoms with Crippen LogP contribution in [-0.2, 0) is 7.05 Å². The lowest BCUT2D eigenvalue weighted by atomic mass is 10.1. The molecule has 196 valence electrons. The zero-order valence-corrected chi connectivity index (χ0v) is 23.5. The summed E-state index contributed by atoms with van der Waals surface area (Å²) < 4.78 is 24.6. The number of halogens is 1. The third-order valence-electron chi connectivity index (χ3n) is 6.06. The maximum atomic E-state index is 12.9. The second kappa shape index (κ2) is 11.9. The van der Waals surface area contributed by atoms with Gasteiger partial charge in [0.2, 0.25) is 5.75 Å². The lowest BCUT2D eigenvalue weighted by molar-refractivity contribution is 0.104. The molecule has 0 amide bonds. The van der Waals surface area contributed by atoms with Crippen molar-refractivity contribution >= 4 is 50.5 Å². The highest BCUT2D eigenvalue weighted by Crippen LogP contribution is 2.39. The first-order valence-corrected chi connectivity index (χ1v) is 12.6. The lowest BCUT2D eigenvalue weighted by Gasteiger charge is -2.13. The molecule has 0 unspecified atom stereocenters. The fourth-order valence-corrected chi connectivity index (χ4v) is 4.89. The molecule has 0 saturated heterocycles. The van der Waals surface area contributed by atoms with E-state index in [-0.39, 0.29) is 5.78 Å². The van der Waals surface area contributed by atoms with Crippen molar-refractivity contribution in [3.8, 4) is 23.0 Å². The molecule has 0 fully saturated rings. The number of nitrogens with zero attached hydrogens (tertiary/aromatic N) is 1. The molecule has 7 nitrogen and oxygen atoms in total. The van der Waals surface area contributed by atoms with E-state index in [4.69, 9.17) is 18.9 Å². The fourth-order valence-electron chi connectivity index (χ4n) is 4.25. The van der Waals surface area contributed by atoms with Crippen molar-refractivity contribution in [3.63, 3.8) is 0 Å². The van der Waals surface area contributed by atoms with Gasteiger partial charge in [0.25, 0.3) is 0 Å². The van der Waals surface area contributed by atoms with Gasteiger partial charge in [-0.3, -0.25) is 4.79 Å². The van der Waals surface area contributed by atoms with Gasteiger partial charge < -0.3 is 28.8 Å². The molecule has 4 rings (SSSR count). The molecule has 3 aromatic carbocycles. The molecule has 8 heteroatoms. The zero-order valence-electron chi connectivity index (χ0n) is 21.9. The van der Waals surface area contributed by atoms with Crippen molar-refractivity contribution in [3.05, 3.63) is 88.2 Å². The number of para-hydroxylation sites is 1. The Hall–Kier alpha value is -4.17. The Morgan fingerprint density at radius 3 is 2.13 bits per heavy atom. The van der Waals surface area contributed by atoms with Crippen LogP contribution in [0, 0.1) is 0 Å². The van der Waals surface area contributed by atoms with E-state index in [1.807, 2.05) is 78.5 Å². The Labute approximate surface area is 230 Å². The van der Waals surface area contributed by atoms with E-state index in [1.54, 1.807) is 34.6 Å². The summed E-state index contributed by atoms with van der Waals surface area (Å²) in [5, 5.41) is 4.12. The second-order valence-electron chi connectivity index (χ2n) is 8.39. The van der Waals surface area contributed by atoms with Crippen LogP contribution in [-0.4, -0.2) is 38.8 Å². The summed E-state index contributed by atoms with van der Waals surface area (Å²) in [6.07, 6.45) is 8.90. The van der Waals surface area contributed by atoms with Crippen LogP contribution >= 0.6 is 15.9 Å². The number of methoxy groups -OCH3 is 4. The van der Waals surface area contributed by atoms with Gasteiger partial charge in [-0.1, -0.05) is 30.4 Å². The molecule has 1 N–H and O–H groups in total. The van der Waals surface area contributed by atoms with E-state index in [1.165, 1.54) is 6.08 Å². The molecule has 38 heavy (non-hydrogen) atoms. The Bertz CT molecular complexity index is 1510. The fraction of sp³-hybridized carbons (Fsp3) is 0.167. The third kappa shape index (κ3) is 5.55. The van der Waals surface area contributed by atoms with Crippen LogP contribution in [0.25, 0.3) is 23.1 Å². The topological polar surface area (TPSA) is 71.0 Å². The molecule has 0 atom stereocenters. The number of benzene rings is 3.